The molecule has 0 aromatic heterocycles. The molecule has 1 heterocycles. The zero-order valence-electron chi connectivity index (χ0n) is 20.8. The highest BCUT2D eigenvalue weighted by Crippen LogP contribution is 2.28. The Hall–Kier alpha value is -3.65. The van der Waals surface area contributed by atoms with Crippen LogP contribution in [0.25, 0.3) is 0 Å². The van der Waals surface area contributed by atoms with Gasteiger partial charge in [0.05, 0.1) is 21.8 Å². The zero-order valence-corrected chi connectivity index (χ0v) is 21.6. The summed E-state index contributed by atoms with van der Waals surface area (Å²) in [6.45, 7) is 6.57. The molecule has 0 unspecified atom stereocenters. The average Bonchev–Trinajstić information content (AvgIpc) is 3.38. The third-order valence-electron chi connectivity index (χ3n) is 6.34. The van der Waals surface area contributed by atoms with Gasteiger partial charge in [0, 0.05) is 13.1 Å². The van der Waals surface area contributed by atoms with Crippen LogP contribution in [0.1, 0.15) is 39.9 Å². The summed E-state index contributed by atoms with van der Waals surface area (Å²) in [4.78, 5) is 28.1. The Balaban J connectivity index is 1.65. The van der Waals surface area contributed by atoms with E-state index >= 15 is 0 Å². The third kappa shape index (κ3) is 5.44. The van der Waals surface area contributed by atoms with Gasteiger partial charge in [-0.05, 0) is 69.5 Å². The van der Waals surface area contributed by atoms with E-state index in [2.05, 4.69) is 5.32 Å². The molecule has 0 atom stereocenters. The fourth-order valence-electron chi connectivity index (χ4n) is 4.41. The maximum Gasteiger partial charge on any atom is 0.264 e. The molecule has 3 aromatic rings. The first kappa shape index (κ1) is 25.4. The summed E-state index contributed by atoms with van der Waals surface area (Å²) in [6, 6.07) is 18.8. The second-order valence-electron chi connectivity index (χ2n) is 9.21. The molecule has 4 rings (SSSR count). The lowest BCUT2D eigenvalue weighted by Gasteiger charge is -2.26. The van der Waals surface area contributed by atoms with E-state index in [9.17, 15) is 18.0 Å². The van der Waals surface area contributed by atoms with Gasteiger partial charge in [0.25, 0.3) is 15.9 Å². The van der Waals surface area contributed by atoms with Gasteiger partial charge < -0.3 is 10.2 Å². The molecule has 188 valence electrons. The predicted molar refractivity (Wildman–Crippen MR) is 142 cm³/mol. The molecule has 0 radical (unpaired) electrons. The van der Waals surface area contributed by atoms with Crippen molar-refractivity contribution in [1.29, 1.82) is 0 Å². The van der Waals surface area contributed by atoms with Crippen LogP contribution in [0.5, 0.6) is 0 Å². The van der Waals surface area contributed by atoms with Crippen molar-refractivity contribution in [2.45, 2.75) is 38.5 Å². The zero-order chi connectivity index (χ0) is 25.9. The molecule has 7 nitrogen and oxygen atoms in total. The highest BCUT2D eigenvalue weighted by molar-refractivity contribution is 7.92. The van der Waals surface area contributed by atoms with Crippen LogP contribution in [0.15, 0.2) is 71.6 Å². The highest BCUT2D eigenvalue weighted by Gasteiger charge is 2.29. The lowest BCUT2D eigenvalue weighted by Crippen LogP contribution is -2.39. The standard InChI is InChI=1S/C28H31N3O4S/c1-20-10-13-23(14-11-20)36(34,35)31(26-15-12-21(2)18-22(26)3)19-27(32)29-25-9-5-4-8-24(25)28(33)30-16-6-7-17-30/h4-5,8-15,18H,6-7,16-17,19H2,1-3H3,(H,29,32). The molecule has 2 amide bonds. The van der Waals surface area contributed by atoms with Crippen LogP contribution in [0.2, 0.25) is 0 Å². The van der Waals surface area contributed by atoms with Gasteiger partial charge in [0.15, 0.2) is 0 Å². The summed E-state index contributed by atoms with van der Waals surface area (Å²) in [7, 11) is -4.04. The second kappa shape index (κ2) is 10.5. The molecule has 36 heavy (non-hydrogen) atoms. The number of hydrogen-bond acceptors (Lipinski definition) is 4. The van der Waals surface area contributed by atoms with Crippen molar-refractivity contribution in [3.63, 3.8) is 0 Å². The monoisotopic (exact) mass is 505 g/mol. The Morgan fingerprint density at radius 3 is 2.19 bits per heavy atom. The van der Waals surface area contributed by atoms with Gasteiger partial charge in [-0.3, -0.25) is 13.9 Å². The van der Waals surface area contributed by atoms with Crippen molar-refractivity contribution in [2.75, 3.05) is 29.3 Å². The Morgan fingerprint density at radius 2 is 1.53 bits per heavy atom. The van der Waals surface area contributed by atoms with Crippen molar-refractivity contribution in [2.24, 2.45) is 0 Å². The molecular formula is C28H31N3O4S. The van der Waals surface area contributed by atoms with Gasteiger partial charge in [-0.25, -0.2) is 8.42 Å². The quantitative estimate of drug-likeness (QED) is 0.505. The van der Waals surface area contributed by atoms with Crippen LogP contribution < -0.4 is 9.62 Å². The number of carbonyl (C=O) groups is 2. The average molecular weight is 506 g/mol. The third-order valence-corrected chi connectivity index (χ3v) is 8.12. The number of rotatable bonds is 7. The molecule has 3 aromatic carbocycles. The van der Waals surface area contributed by atoms with E-state index in [4.69, 9.17) is 0 Å². The molecular weight excluding hydrogens is 474 g/mol. The Bertz CT molecular complexity index is 1380. The predicted octanol–water partition coefficient (Wildman–Crippen LogP) is 4.68. The highest BCUT2D eigenvalue weighted by atomic mass is 32.2. The van der Waals surface area contributed by atoms with Gasteiger partial charge in [0.1, 0.15) is 6.54 Å². The maximum absolute atomic E-state index is 13.7. The maximum atomic E-state index is 13.7. The molecule has 1 aliphatic rings. The molecule has 0 aliphatic carbocycles. The van der Waals surface area contributed by atoms with E-state index in [0.29, 0.717) is 30.0 Å². The minimum atomic E-state index is -4.04. The van der Waals surface area contributed by atoms with Gasteiger partial charge >= 0.3 is 0 Å². The first-order chi connectivity index (χ1) is 17.2. The van der Waals surface area contributed by atoms with Crippen molar-refractivity contribution >= 4 is 33.2 Å². The Labute approximate surface area is 212 Å². The number of nitrogens with one attached hydrogen (secondary N) is 1. The largest absolute Gasteiger partial charge is 0.339 e. The molecule has 0 saturated carbocycles. The number of benzene rings is 3. The smallest absolute Gasteiger partial charge is 0.264 e. The van der Waals surface area contributed by atoms with E-state index < -0.39 is 22.5 Å². The summed E-state index contributed by atoms with van der Waals surface area (Å²) in [5.74, 6) is -0.672. The molecule has 1 fully saturated rings. The van der Waals surface area contributed by atoms with Gasteiger partial charge in [0.2, 0.25) is 5.91 Å². The van der Waals surface area contributed by atoms with Crippen molar-refractivity contribution in [3.05, 3.63) is 89.0 Å². The van der Waals surface area contributed by atoms with E-state index in [1.807, 2.05) is 32.9 Å². The topological polar surface area (TPSA) is 86.8 Å². The number of para-hydroxylation sites is 1. The number of amides is 2. The molecule has 1 aliphatic heterocycles. The minimum absolute atomic E-state index is 0.102. The number of nitrogens with zero attached hydrogens (tertiary/aromatic N) is 2. The van der Waals surface area contributed by atoms with Crippen molar-refractivity contribution in [1.82, 2.24) is 4.90 Å². The first-order valence-electron chi connectivity index (χ1n) is 12.0. The van der Waals surface area contributed by atoms with E-state index in [1.54, 1.807) is 59.5 Å². The van der Waals surface area contributed by atoms with Crippen molar-refractivity contribution in [3.8, 4) is 0 Å². The van der Waals surface area contributed by atoms with Gasteiger partial charge in [-0.15, -0.1) is 0 Å². The molecule has 0 spiro atoms. The van der Waals surface area contributed by atoms with Crippen LogP contribution in [-0.4, -0.2) is 44.8 Å². The summed E-state index contributed by atoms with van der Waals surface area (Å²) in [5, 5.41) is 2.79. The van der Waals surface area contributed by atoms with Gasteiger partial charge in [-0.1, -0.05) is 47.5 Å². The minimum Gasteiger partial charge on any atom is -0.339 e. The van der Waals surface area contributed by atoms with Crippen LogP contribution in [0, 0.1) is 20.8 Å². The Kier molecular flexibility index (Phi) is 7.45. The molecule has 8 heteroatoms. The summed E-state index contributed by atoms with van der Waals surface area (Å²) >= 11 is 0. The lowest BCUT2D eigenvalue weighted by molar-refractivity contribution is -0.114. The fourth-order valence-corrected chi connectivity index (χ4v) is 5.90. The lowest BCUT2D eigenvalue weighted by atomic mass is 10.1. The summed E-state index contributed by atoms with van der Waals surface area (Å²) in [5.41, 5.74) is 3.85. The number of aryl methyl sites for hydroxylation is 3. The van der Waals surface area contributed by atoms with Gasteiger partial charge in [-0.2, -0.15) is 0 Å². The van der Waals surface area contributed by atoms with E-state index in [0.717, 1.165) is 33.8 Å². The number of anilines is 2. The van der Waals surface area contributed by atoms with Crippen LogP contribution in [0.3, 0.4) is 0 Å². The number of hydrogen-bond donors (Lipinski definition) is 1. The fraction of sp³-hybridized carbons (Fsp3) is 0.286. The van der Waals surface area contributed by atoms with E-state index in [-0.39, 0.29) is 10.8 Å². The summed E-state index contributed by atoms with van der Waals surface area (Å²) < 4.78 is 28.5. The van der Waals surface area contributed by atoms with E-state index in [1.165, 1.54) is 0 Å². The molecule has 1 saturated heterocycles. The molecule has 0 bridgehead atoms. The SMILES string of the molecule is Cc1ccc(S(=O)(=O)N(CC(=O)Nc2ccccc2C(=O)N2CCCC2)c2ccc(C)cc2C)cc1. The number of carbonyl (C=O) groups excluding carboxylic acids is 2. The number of likely N-dealkylation sites (tertiary alicyclic amines) is 1. The number of sulfonamides is 1. The Morgan fingerprint density at radius 1 is 0.889 bits per heavy atom. The van der Waals surface area contributed by atoms with Crippen LogP contribution in [-0.2, 0) is 14.8 Å². The van der Waals surface area contributed by atoms with Crippen LogP contribution >= 0.6 is 0 Å². The second-order valence-corrected chi connectivity index (χ2v) is 11.1. The first-order valence-corrected chi connectivity index (χ1v) is 13.5. The normalized spacial score (nSPS) is 13.5. The summed E-state index contributed by atoms with van der Waals surface area (Å²) in [6.07, 6.45) is 1.92. The van der Waals surface area contributed by atoms with Crippen LogP contribution in [0.4, 0.5) is 11.4 Å². The van der Waals surface area contributed by atoms with Crippen molar-refractivity contribution < 1.29 is 18.0 Å². The molecule has 1 N–H and O–H groups in total.